The lowest BCUT2D eigenvalue weighted by Crippen LogP contribution is -2.37. The highest BCUT2D eigenvalue weighted by Gasteiger charge is 2.45. The number of allylic oxidation sites excluding steroid dienone is 2. The van der Waals surface area contributed by atoms with Crippen molar-refractivity contribution >= 4 is 25.5 Å². The SMILES string of the molecule is O=C1C=CC(O)=C(S(=O)(=O)c2ccccc2)C1S(=O)(=O)c1ccccc1. The smallest absolute Gasteiger partial charge is 0.208 e. The number of benzene rings is 2. The van der Waals surface area contributed by atoms with Gasteiger partial charge in [-0.25, -0.2) is 16.8 Å². The first-order valence-corrected chi connectivity index (χ1v) is 10.5. The summed E-state index contributed by atoms with van der Waals surface area (Å²) in [5, 5.41) is 8.12. The highest BCUT2D eigenvalue weighted by molar-refractivity contribution is 7.99. The van der Waals surface area contributed by atoms with Crippen LogP contribution in [0.4, 0.5) is 0 Å². The van der Waals surface area contributed by atoms with E-state index in [0.717, 1.165) is 12.2 Å². The number of aliphatic hydroxyl groups excluding tert-OH is 1. The summed E-state index contributed by atoms with van der Waals surface area (Å²) in [4.78, 5) is 11.1. The van der Waals surface area contributed by atoms with E-state index in [9.17, 15) is 26.7 Å². The van der Waals surface area contributed by atoms with E-state index in [-0.39, 0.29) is 9.79 Å². The third-order valence-corrected chi connectivity index (χ3v) is 7.96. The summed E-state index contributed by atoms with van der Waals surface area (Å²) >= 11 is 0. The molecule has 26 heavy (non-hydrogen) atoms. The van der Waals surface area contributed by atoms with Gasteiger partial charge in [0.15, 0.2) is 20.9 Å². The lowest BCUT2D eigenvalue weighted by Gasteiger charge is -2.22. The van der Waals surface area contributed by atoms with Crippen LogP contribution in [0.1, 0.15) is 0 Å². The van der Waals surface area contributed by atoms with Gasteiger partial charge in [0, 0.05) is 0 Å². The minimum Gasteiger partial charge on any atom is -0.507 e. The third-order valence-electron chi connectivity index (χ3n) is 3.88. The van der Waals surface area contributed by atoms with Gasteiger partial charge >= 0.3 is 0 Å². The second-order valence-corrected chi connectivity index (χ2v) is 9.49. The molecule has 0 radical (unpaired) electrons. The van der Waals surface area contributed by atoms with E-state index in [1.165, 1.54) is 48.5 Å². The minimum atomic E-state index is -4.41. The van der Waals surface area contributed by atoms with E-state index in [0.29, 0.717) is 0 Å². The molecule has 1 N–H and O–H groups in total. The zero-order valence-corrected chi connectivity index (χ0v) is 14.9. The summed E-state index contributed by atoms with van der Waals surface area (Å²) in [6, 6.07) is 14.1. The molecular weight excluding hydrogens is 376 g/mol. The molecule has 0 bridgehead atoms. The van der Waals surface area contributed by atoms with Crippen molar-refractivity contribution in [3.05, 3.63) is 83.5 Å². The van der Waals surface area contributed by atoms with E-state index in [1.54, 1.807) is 12.1 Å². The summed E-state index contributed by atoms with van der Waals surface area (Å²) in [6.07, 6.45) is 1.76. The Hall–Kier alpha value is -2.71. The molecule has 0 saturated carbocycles. The zero-order valence-electron chi connectivity index (χ0n) is 13.3. The number of sulfone groups is 2. The molecule has 0 fully saturated rings. The molecule has 1 atom stereocenters. The van der Waals surface area contributed by atoms with Crippen molar-refractivity contribution in [2.45, 2.75) is 15.0 Å². The molecule has 6 nitrogen and oxygen atoms in total. The van der Waals surface area contributed by atoms with Crippen LogP contribution in [-0.2, 0) is 24.5 Å². The van der Waals surface area contributed by atoms with Gasteiger partial charge in [-0.15, -0.1) is 0 Å². The normalized spacial score (nSPS) is 18.2. The molecule has 0 amide bonds. The minimum absolute atomic E-state index is 0.206. The summed E-state index contributed by atoms with van der Waals surface area (Å²) in [5.74, 6) is -1.70. The Bertz CT molecular complexity index is 1110. The lowest BCUT2D eigenvalue weighted by molar-refractivity contribution is -0.113. The first-order chi connectivity index (χ1) is 12.3. The van der Waals surface area contributed by atoms with Crippen LogP contribution in [0.25, 0.3) is 0 Å². The maximum atomic E-state index is 13.0. The Morgan fingerprint density at radius 1 is 0.731 bits per heavy atom. The van der Waals surface area contributed by atoms with E-state index in [1.807, 2.05) is 0 Å². The van der Waals surface area contributed by atoms with Gasteiger partial charge in [0.25, 0.3) is 0 Å². The number of ketones is 1. The average Bonchev–Trinajstić information content (AvgIpc) is 2.64. The molecule has 134 valence electrons. The number of hydrogen-bond acceptors (Lipinski definition) is 6. The number of carbonyl (C=O) groups is 1. The molecular formula is C18H14O6S2. The van der Waals surface area contributed by atoms with Gasteiger partial charge in [0.2, 0.25) is 9.84 Å². The van der Waals surface area contributed by atoms with Crippen LogP contribution in [0.3, 0.4) is 0 Å². The van der Waals surface area contributed by atoms with E-state index < -0.39 is 41.4 Å². The van der Waals surface area contributed by atoms with Crippen LogP contribution < -0.4 is 0 Å². The third kappa shape index (κ3) is 2.97. The lowest BCUT2D eigenvalue weighted by atomic mass is 10.1. The van der Waals surface area contributed by atoms with Crippen molar-refractivity contribution in [2.24, 2.45) is 0 Å². The zero-order chi connectivity index (χ0) is 18.9. The standard InChI is InChI=1S/C18H14O6S2/c19-15-11-12-16(20)18(26(23,24)14-9-5-2-6-10-14)17(15)25(21,22)13-7-3-1-4-8-13/h1-12,17,20H. The van der Waals surface area contributed by atoms with Crippen LogP contribution in [0.5, 0.6) is 0 Å². The Morgan fingerprint density at radius 2 is 1.23 bits per heavy atom. The quantitative estimate of drug-likeness (QED) is 0.858. The number of aliphatic hydroxyl groups is 1. The Labute approximate surface area is 150 Å². The van der Waals surface area contributed by atoms with Gasteiger partial charge in [-0.05, 0) is 36.4 Å². The maximum absolute atomic E-state index is 13.0. The van der Waals surface area contributed by atoms with Crippen LogP contribution in [0.2, 0.25) is 0 Å². The van der Waals surface area contributed by atoms with Gasteiger partial charge in [0.05, 0.1) is 9.79 Å². The monoisotopic (exact) mass is 390 g/mol. The van der Waals surface area contributed by atoms with Crippen molar-refractivity contribution in [3.63, 3.8) is 0 Å². The molecule has 2 aromatic rings. The molecule has 8 heteroatoms. The van der Waals surface area contributed by atoms with Gasteiger partial charge in [-0.1, -0.05) is 36.4 Å². The molecule has 3 rings (SSSR count). The fourth-order valence-electron chi connectivity index (χ4n) is 2.64. The average molecular weight is 390 g/mol. The Balaban J connectivity index is 2.25. The van der Waals surface area contributed by atoms with Crippen LogP contribution >= 0.6 is 0 Å². The number of carbonyl (C=O) groups excluding carboxylic acids is 1. The second kappa shape index (κ2) is 6.54. The van der Waals surface area contributed by atoms with Gasteiger partial charge in [-0.3, -0.25) is 4.79 Å². The molecule has 1 aliphatic carbocycles. The highest BCUT2D eigenvalue weighted by atomic mass is 32.2. The summed E-state index contributed by atoms with van der Waals surface area (Å²) in [5.41, 5.74) is 0. The first kappa shape index (κ1) is 18.1. The molecule has 0 saturated heterocycles. The van der Waals surface area contributed by atoms with E-state index in [2.05, 4.69) is 0 Å². The van der Waals surface area contributed by atoms with Crippen molar-refractivity contribution in [1.82, 2.24) is 0 Å². The van der Waals surface area contributed by atoms with Crippen molar-refractivity contribution in [1.29, 1.82) is 0 Å². The largest absolute Gasteiger partial charge is 0.507 e. The highest BCUT2D eigenvalue weighted by Crippen LogP contribution is 2.34. The molecule has 0 spiro atoms. The van der Waals surface area contributed by atoms with Crippen molar-refractivity contribution in [2.75, 3.05) is 0 Å². The fourth-order valence-corrected chi connectivity index (χ4v) is 6.51. The maximum Gasteiger partial charge on any atom is 0.208 e. The fraction of sp³-hybridized carbons (Fsp3) is 0.0556. The van der Waals surface area contributed by atoms with Gasteiger partial charge < -0.3 is 5.11 Å². The second-order valence-electron chi connectivity index (χ2n) is 5.54. The van der Waals surface area contributed by atoms with Gasteiger partial charge in [-0.2, -0.15) is 0 Å². The van der Waals surface area contributed by atoms with Crippen molar-refractivity contribution in [3.8, 4) is 0 Å². The predicted octanol–water partition coefficient (Wildman–Crippen LogP) is 2.21. The van der Waals surface area contributed by atoms with Crippen LogP contribution in [0.15, 0.2) is 93.3 Å². The van der Waals surface area contributed by atoms with Crippen molar-refractivity contribution < 1.29 is 26.7 Å². The molecule has 0 heterocycles. The van der Waals surface area contributed by atoms with Crippen LogP contribution in [-0.4, -0.2) is 33.0 Å². The topological polar surface area (TPSA) is 106 Å². The molecule has 2 aromatic carbocycles. The first-order valence-electron chi connectivity index (χ1n) is 7.50. The summed E-state index contributed by atoms with van der Waals surface area (Å²) < 4.78 is 51.9. The van der Waals surface area contributed by atoms with E-state index in [4.69, 9.17) is 0 Å². The molecule has 1 aliphatic rings. The van der Waals surface area contributed by atoms with Gasteiger partial charge in [0.1, 0.15) is 10.7 Å². The Kier molecular flexibility index (Phi) is 4.55. The summed E-state index contributed by atoms with van der Waals surface area (Å²) in [7, 11) is -8.79. The predicted molar refractivity (Wildman–Crippen MR) is 94.8 cm³/mol. The molecule has 0 aromatic heterocycles. The molecule has 1 unspecified atom stereocenters. The Morgan fingerprint density at radius 3 is 1.77 bits per heavy atom. The summed E-state index contributed by atoms with van der Waals surface area (Å²) in [6.45, 7) is 0. The number of rotatable bonds is 4. The number of hydrogen-bond donors (Lipinski definition) is 1. The van der Waals surface area contributed by atoms with E-state index >= 15 is 0 Å². The molecule has 0 aliphatic heterocycles. The van der Waals surface area contributed by atoms with Crippen LogP contribution in [0, 0.1) is 0 Å².